The van der Waals surface area contributed by atoms with Gasteiger partial charge in [0.05, 0.1) is 29.0 Å². The summed E-state index contributed by atoms with van der Waals surface area (Å²) in [6, 6.07) is 5.13. The summed E-state index contributed by atoms with van der Waals surface area (Å²) < 4.78 is 31.0. The van der Waals surface area contributed by atoms with Gasteiger partial charge in [0.1, 0.15) is 5.69 Å². The van der Waals surface area contributed by atoms with Crippen LogP contribution in [0.4, 0.5) is 11.4 Å². The zero-order chi connectivity index (χ0) is 15.6. The van der Waals surface area contributed by atoms with E-state index in [-0.39, 0.29) is 30.3 Å². The molecule has 0 aromatic heterocycles. The maximum Gasteiger partial charge on any atom is 0.293 e. The van der Waals surface area contributed by atoms with Crippen molar-refractivity contribution in [1.29, 1.82) is 5.26 Å². The number of nitrogens with two attached hydrogens (primary N) is 1. The number of hydrogen-bond donors (Lipinski definition) is 1. The van der Waals surface area contributed by atoms with Crippen molar-refractivity contribution in [3.63, 3.8) is 0 Å². The van der Waals surface area contributed by atoms with Crippen molar-refractivity contribution in [2.45, 2.75) is 11.0 Å². The van der Waals surface area contributed by atoms with E-state index < -0.39 is 26.7 Å². The van der Waals surface area contributed by atoms with Crippen molar-refractivity contribution < 1.29 is 18.1 Å². The molecule has 0 saturated carbocycles. The van der Waals surface area contributed by atoms with E-state index in [0.29, 0.717) is 0 Å². The number of rotatable bonds is 3. The first-order valence-corrected chi connectivity index (χ1v) is 7.35. The summed E-state index contributed by atoms with van der Waals surface area (Å²) in [7, 11) is -3.94. The number of nitrogen functional groups attached to an aromatic ring is 1. The van der Waals surface area contributed by atoms with Crippen molar-refractivity contribution in [2.75, 3.05) is 25.4 Å². The normalized spacial score (nSPS) is 19.9. The first-order chi connectivity index (χ1) is 9.86. The number of anilines is 1. The molecular formula is C11H12N4O5S. The van der Waals surface area contributed by atoms with E-state index in [4.69, 9.17) is 15.7 Å². The molecule has 21 heavy (non-hydrogen) atoms. The molecule has 1 fully saturated rings. The lowest BCUT2D eigenvalue weighted by atomic mass is 10.3. The number of nitriles is 1. The van der Waals surface area contributed by atoms with E-state index in [9.17, 15) is 18.5 Å². The van der Waals surface area contributed by atoms with Crippen LogP contribution in [0.5, 0.6) is 0 Å². The van der Waals surface area contributed by atoms with Crippen LogP contribution in [-0.4, -0.2) is 43.4 Å². The van der Waals surface area contributed by atoms with E-state index in [1.165, 1.54) is 12.1 Å². The van der Waals surface area contributed by atoms with Crippen molar-refractivity contribution in [3.05, 3.63) is 28.3 Å². The predicted molar refractivity (Wildman–Crippen MR) is 71.6 cm³/mol. The summed E-state index contributed by atoms with van der Waals surface area (Å²) in [6.45, 7) is 0.0597. The lowest BCUT2D eigenvalue weighted by molar-refractivity contribution is -0.384. The third-order valence-electron chi connectivity index (χ3n) is 3.01. The Morgan fingerprint density at radius 1 is 1.52 bits per heavy atom. The highest BCUT2D eigenvalue weighted by molar-refractivity contribution is 7.89. The predicted octanol–water partition coefficient (Wildman–Crippen LogP) is 0.0901. The zero-order valence-electron chi connectivity index (χ0n) is 10.8. The highest BCUT2D eigenvalue weighted by atomic mass is 32.2. The van der Waals surface area contributed by atoms with E-state index in [1.807, 2.05) is 6.07 Å². The van der Waals surface area contributed by atoms with Gasteiger partial charge in [-0.1, -0.05) is 0 Å². The summed E-state index contributed by atoms with van der Waals surface area (Å²) >= 11 is 0. The fraction of sp³-hybridized carbons (Fsp3) is 0.364. The van der Waals surface area contributed by atoms with Crippen LogP contribution < -0.4 is 5.73 Å². The molecule has 9 nitrogen and oxygen atoms in total. The molecule has 1 saturated heterocycles. The molecule has 10 heteroatoms. The van der Waals surface area contributed by atoms with Crippen LogP contribution in [0.3, 0.4) is 0 Å². The minimum atomic E-state index is -3.94. The first-order valence-electron chi connectivity index (χ1n) is 5.91. The van der Waals surface area contributed by atoms with Gasteiger partial charge in [0.25, 0.3) is 5.69 Å². The molecule has 1 aliphatic heterocycles. The van der Waals surface area contributed by atoms with Crippen molar-refractivity contribution >= 4 is 21.4 Å². The standard InChI is InChI=1S/C11H12N4O5S/c12-6-8-7-14(3-4-20-8)21(18,19)9-1-2-10(13)11(5-9)15(16)17/h1-2,5,8H,3-4,7,13H2. The van der Waals surface area contributed by atoms with Gasteiger partial charge in [-0.25, -0.2) is 8.42 Å². The molecule has 1 heterocycles. The number of nitro benzene ring substituents is 1. The number of sulfonamides is 1. The molecule has 1 unspecified atom stereocenters. The fourth-order valence-electron chi connectivity index (χ4n) is 1.91. The van der Waals surface area contributed by atoms with Gasteiger partial charge in [0.2, 0.25) is 10.0 Å². The summed E-state index contributed by atoms with van der Waals surface area (Å²) in [6.07, 6.45) is -0.850. The van der Waals surface area contributed by atoms with Gasteiger partial charge in [0.15, 0.2) is 6.10 Å². The van der Waals surface area contributed by atoms with E-state index >= 15 is 0 Å². The van der Waals surface area contributed by atoms with Crippen LogP contribution in [0.25, 0.3) is 0 Å². The Morgan fingerprint density at radius 2 is 2.24 bits per heavy atom. The third-order valence-corrected chi connectivity index (χ3v) is 4.87. The lowest BCUT2D eigenvalue weighted by Gasteiger charge is -2.28. The van der Waals surface area contributed by atoms with Crippen LogP contribution in [0.15, 0.2) is 23.1 Å². The number of nitro groups is 1. The fourth-order valence-corrected chi connectivity index (χ4v) is 3.36. The molecule has 2 N–H and O–H groups in total. The second-order valence-electron chi connectivity index (χ2n) is 4.33. The van der Waals surface area contributed by atoms with E-state index in [2.05, 4.69) is 0 Å². The highest BCUT2D eigenvalue weighted by Gasteiger charge is 2.32. The minimum absolute atomic E-state index is 0.0820. The zero-order valence-corrected chi connectivity index (χ0v) is 11.6. The smallest absolute Gasteiger partial charge is 0.293 e. The molecule has 0 spiro atoms. The Bertz CT molecular complexity index is 712. The molecule has 0 radical (unpaired) electrons. The van der Waals surface area contributed by atoms with Crippen molar-refractivity contribution in [2.24, 2.45) is 0 Å². The van der Waals surface area contributed by atoms with Crippen molar-refractivity contribution in [1.82, 2.24) is 4.31 Å². The Labute approximate surface area is 120 Å². The molecule has 1 aromatic carbocycles. The van der Waals surface area contributed by atoms with Crippen molar-refractivity contribution in [3.8, 4) is 6.07 Å². The summed E-state index contributed by atoms with van der Waals surface area (Å²) in [5.41, 5.74) is 4.86. The molecule has 112 valence electrons. The molecule has 0 bridgehead atoms. The maximum atomic E-state index is 12.4. The van der Waals surface area contributed by atoms with Gasteiger partial charge >= 0.3 is 0 Å². The van der Waals surface area contributed by atoms with Crippen LogP contribution in [0, 0.1) is 21.4 Å². The van der Waals surface area contributed by atoms with Gasteiger partial charge < -0.3 is 10.5 Å². The van der Waals surface area contributed by atoms with Gasteiger partial charge in [-0.2, -0.15) is 9.57 Å². The van der Waals surface area contributed by atoms with E-state index in [0.717, 1.165) is 10.4 Å². The van der Waals surface area contributed by atoms with Gasteiger partial charge in [0, 0.05) is 12.6 Å². The number of nitrogens with zero attached hydrogens (tertiary/aromatic N) is 3. The largest absolute Gasteiger partial charge is 0.393 e. The molecule has 1 atom stereocenters. The van der Waals surface area contributed by atoms with Crippen LogP contribution in [0.2, 0.25) is 0 Å². The molecule has 0 amide bonds. The van der Waals surface area contributed by atoms with Crippen LogP contribution >= 0.6 is 0 Å². The minimum Gasteiger partial charge on any atom is -0.393 e. The molecule has 1 aromatic rings. The van der Waals surface area contributed by atoms with E-state index in [1.54, 1.807) is 0 Å². The Kier molecular flexibility index (Phi) is 4.08. The summed E-state index contributed by atoms with van der Waals surface area (Å²) in [4.78, 5) is 9.85. The Morgan fingerprint density at radius 3 is 2.86 bits per heavy atom. The second-order valence-corrected chi connectivity index (χ2v) is 6.27. The molecule has 1 aliphatic rings. The Balaban J connectivity index is 2.38. The summed E-state index contributed by atoms with van der Waals surface area (Å²) in [5.74, 6) is 0. The molecular weight excluding hydrogens is 300 g/mol. The number of ether oxygens (including phenoxy) is 1. The molecule has 0 aliphatic carbocycles. The topological polar surface area (TPSA) is 140 Å². The second kappa shape index (κ2) is 5.65. The van der Waals surface area contributed by atoms with Gasteiger partial charge in [-0.3, -0.25) is 10.1 Å². The van der Waals surface area contributed by atoms with Crippen LogP contribution in [0.1, 0.15) is 0 Å². The third kappa shape index (κ3) is 2.94. The average Bonchev–Trinajstić information content (AvgIpc) is 2.47. The summed E-state index contributed by atoms with van der Waals surface area (Å²) in [5, 5.41) is 19.6. The average molecular weight is 312 g/mol. The van der Waals surface area contributed by atoms with Crippen LogP contribution in [-0.2, 0) is 14.8 Å². The quantitative estimate of drug-likeness (QED) is 0.474. The highest BCUT2D eigenvalue weighted by Crippen LogP contribution is 2.27. The first kappa shape index (κ1) is 15.2. The number of hydrogen-bond acceptors (Lipinski definition) is 7. The molecule has 2 rings (SSSR count). The number of morpholine rings is 1. The number of benzene rings is 1. The monoisotopic (exact) mass is 312 g/mol. The maximum absolute atomic E-state index is 12.4. The lowest BCUT2D eigenvalue weighted by Crippen LogP contribution is -2.45. The Hall–Kier alpha value is -2.22. The van der Waals surface area contributed by atoms with Gasteiger partial charge in [-0.15, -0.1) is 0 Å². The SMILES string of the molecule is N#CC1CN(S(=O)(=O)c2ccc(N)c([N+](=O)[O-])c2)CCO1. The van der Waals surface area contributed by atoms with Gasteiger partial charge in [-0.05, 0) is 12.1 Å².